The van der Waals surface area contributed by atoms with Crippen molar-refractivity contribution in [3.63, 3.8) is 0 Å². The second-order valence-electron chi connectivity index (χ2n) is 2.68. The van der Waals surface area contributed by atoms with Crippen molar-refractivity contribution in [2.24, 2.45) is 0 Å². The molecular formula is C9H8N2O2. The summed E-state index contributed by atoms with van der Waals surface area (Å²) in [6.07, 6.45) is 4.58. The van der Waals surface area contributed by atoms with E-state index < -0.39 is 0 Å². The number of hydrogen-bond donors (Lipinski definition) is 1. The molecule has 0 aliphatic carbocycles. The van der Waals surface area contributed by atoms with Crippen LogP contribution in [0, 0.1) is 6.92 Å². The Balaban J connectivity index is 2.46. The molecule has 2 aromatic rings. The molecule has 0 saturated carbocycles. The van der Waals surface area contributed by atoms with E-state index in [4.69, 9.17) is 9.52 Å². The SMILES string of the molecule is Cc1ncc(-c2cncc(O)c2)o1. The number of hydrogen-bond acceptors (Lipinski definition) is 4. The highest BCUT2D eigenvalue weighted by atomic mass is 16.4. The Labute approximate surface area is 74.9 Å². The molecule has 0 aliphatic rings. The first-order valence-corrected chi connectivity index (χ1v) is 3.82. The van der Waals surface area contributed by atoms with Crippen LogP contribution in [0.5, 0.6) is 5.75 Å². The maximum Gasteiger partial charge on any atom is 0.191 e. The summed E-state index contributed by atoms with van der Waals surface area (Å²) < 4.78 is 5.26. The van der Waals surface area contributed by atoms with Crippen LogP contribution in [0.2, 0.25) is 0 Å². The molecule has 0 bridgehead atoms. The molecule has 1 N–H and O–H groups in total. The molecule has 0 atom stereocenters. The molecule has 0 amide bonds. The van der Waals surface area contributed by atoms with Crippen LogP contribution in [0.15, 0.2) is 29.1 Å². The summed E-state index contributed by atoms with van der Waals surface area (Å²) >= 11 is 0. The summed E-state index contributed by atoms with van der Waals surface area (Å²) in [6, 6.07) is 1.58. The van der Waals surface area contributed by atoms with Gasteiger partial charge >= 0.3 is 0 Å². The van der Waals surface area contributed by atoms with Crippen LogP contribution in [0.25, 0.3) is 11.3 Å². The molecule has 0 aromatic carbocycles. The first kappa shape index (κ1) is 7.79. The van der Waals surface area contributed by atoms with Gasteiger partial charge in [-0.15, -0.1) is 0 Å². The lowest BCUT2D eigenvalue weighted by molar-refractivity contribution is 0.472. The Morgan fingerprint density at radius 1 is 1.31 bits per heavy atom. The summed E-state index contributed by atoms with van der Waals surface area (Å²) in [6.45, 7) is 1.76. The average molecular weight is 176 g/mol. The largest absolute Gasteiger partial charge is 0.506 e. The van der Waals surface area contributed by atoms with Crippen molar-refractivity contribution in [2.45, 2.75) is 6.92 Å². The number of nitrogens with zero attached hydrogens (tertiary/aromatic N) is 2. The lowest BCUT2D eigenvalue weighted by Gasteiger charge is -1.95. The Morgan fingerprint density at radius 2 is 2.15 bits per heavy atom. The fourth-order valence-electron chi connectivity index (χ4n) is 1.06. The summed E-state index contributed by atoms with van der Waals surface area (Å²) in [5, 5.41) is 9.16. The summed E-state index contributed by atoms with van der Waals surface area (Å²) in [5.74, 6) is 1.32. The molecule has 2 aromatic heterocycles. The Bertz CT molecular complexity index is 423. The smallest absolute Gasteiger partial charge is 0.191 e. The number of rotatable bonds is 1. The molecule has 0 aliphatic heterocycles. The minimum Gasteiger partial charge on any atom is -0.506 e. The van der Waals surface area contributed by atoms with Crippen molar-refractivity contribution in [3.05, 3.63) is 30.5 Å². The summed E-state index contributed by atoms with van der Waals surface area (Å²) in [5.41, 5.74) is 0.723. The molecule has 66 valence electrons. The van der Waals surface area contributed by atoms with Gasteiger partial charge in [0, 0.05) is 18.7 Å². The number of oxazole rings is 1. The van der Waals surface area contributed by atoms with Crippen LogP contribution in [0.1, 0.15) is 5.89 Å². The first-order chi connectivity index (χ1) is 6.25. The average Bonchev–Trinajstić information content (AvgIpc) is 2.52. The number of aromatic nitrogens is 2. The van der Waals surface area contributed by atoms with E-state index in [1.165, 1.54) is 6.20 Å². The van der Waals surface area contributed by atoms with Gasteiger partial charge in [-0.3, -0.25) is 4.98 Å². The minimum atomic E-state index is 0.117. The van der Waals surface area contributed by atoms with Crippen LogP contribution in [-0.4, -0.2) is 15.1 Å². The van der Waals surface area contributed by atoms with Crippen molar-refractivity contribution >= 4 is 0 Å². The van der Waals surface area contributed by atoms with E-state index in [2.05, 4.69) is 9.97 Å². The minimum absolute atomic E-state index is 0.117. The lowest BCUT2D eigenvalue weighted by Crippen LogP contribution is -1.76. The predicted octanol–water partition coefficient (Wildman–Crippen LogP) is 1.75. The molecule has 4 nitrogen and oxygen atoms in total. The first-order valence-electron chi connectivity index (χ1n) is 3.82. The molecule has 4 heteroatoms. The van der Waals surface area contributed by atoms with Gasteiger partial charge in [-0.1, -0.05) is 0 Å². The number of aryl methyl sites for hydroxylation is 1. The zero-order valence-corrected chi connectivity index (χ0v) is 7.06. The van der Waals surface area contributed by atoms with E-state index in [1.807, 2.05) is 0 Å². The third-order valence-corrected chi connectivity index (χ3v) is 1.63. The van der Waals surface area contributed by atoms with Gasteiger partial charge in [0.05, 0.1) is 12.4 Å². The molecule has 0 spiro atoms. The third-order valence-electron chi connectivity index (χ3n) is 1.63. The fraction of sp³-hybridized carbons (Fsp3) is 0.111. The van der Waals surface area contributed by atoms with Crippen LogP contribution in [0.3, 0.4) is 0 Å². The van der Waals surface area contributed by atoms with E-state index in [1.54, 1.807) is 25.4 Å². The van der Waals surface area contributed by atoms with E-state index in [9.17, 15) is 0 Å². The van der Waals surface area contributed by atoms with Gasteiger partial charge in [0.25, 0.3) is 0 Å². The van der Waals surface area contributed by atoms with Crippen molar-refractivity contribution < 1.29 is 9.52 Å². The molecule has 2 rings (SSSR count). The molecule has 0 saturated heterocycles. The normalized spacial score (nSPS) is 10.2. The second kappa shape index (κ2) is 2.90. The number of aromatic hydroxyl groups is 1. The van der Waals surface area contributed by atoms with E-state index in [0.29, 0.717) is 11.7 Å². The zero-order chi connectivity index (χ0) is 9.26. The van der Waals surface area contributed by atoms with E-state index in [-0.39, 0.29) is 5.75 Å². The van der Waals surface area contributed by atoms with E-state index >= 15 is 0 Å². The topological polar surface area (TPSA) is 59.2 Å². The van der Waals surface area contributed by atoms with Crippen LogP contribution >= 0.6 is 0 Å². The molecule has 0 radical (unpaired) electrons. The number of pyridine rings is 1. The van der Waals surface area contributed by atoms with Gasteiger partial charge in [0.2, 0.25) is 0 Å². The summed E-state index contributed by atoms with van der Waals surface area (Å²) in [7, 11) is 0. The molecule has 13 heavy (non-hydrogen) atoms. The quantitative estimate of drug-likeness (QED) is 0.719. The van der Waals surface area contributed by atoms with Crippen molar-refractivity contribution in [3.8, 4) is 17.1 Å². The van der Waals surface area contributed by atoms with Crippen LogP contribution < -0.4 is 0 Å². The van der Waals surface area contributed by atoms with Crippen LogP contribution in [0.4, 0.5) is 0 Å². The van der Waals surface area contributed by atoms with Crippen molar-refractivity contribution in [1.82, 2.24) is 9.97 Å². The lowest BCUT2D eigenvalue weighted by atomic mass is 10.2. The third kappa shape index (κ3) is 1.51. The highest BCUT2D eigenvalue weighted by Crippen LogP contribution is 2.21. The maximum absolute atomic E-state index is 9.16. The van der Waals surface area contributed by atoms with E-state index in [0.717, 1.165) is 5.56 Å². The van der Waals surface area contributed by atoms with Gasteiger partial charge in [0.15, 0.2) is 11.7 Å². The van der Waals surface area contributed by atoms with Gasteiger partial charge < -0.3 is 9.52 Å². The Hall–Kier alpha value is -1.84. The van der Waals surface area contributed by atoms with Crippen molar-refractivity contribution in [2.75, 3.05) is 0 Å². The zero-order valence-electron chi connectivity index (χ0n) is 7.06. The van der Waals surface area contributed by atoms with Crippen LogP contribution in [-0.2, 0) is 0 Å². The maximum atomic E-state index is 9.16. The standard InChI is InChI=1S/C9H8N2O2/c1-6-11-5-9(13-6)7-2-8(12)4-10-3-7/h2-5,12H,1H3. The highest BCUT2D eigenvalue weighted by Gasteiger charge is 2.03. The predicted molar refractivity (Wildman–Crippen MR) is 46.1 cm³/mol. The Kier molecular flexibility index (Phi) is 1.73. The monoisotopic (exact) mass is 176 g/mol. The molecule has 2 heterocycles. The van der Waals surface area contributed by atoms with Crippen molar-refractivity contribution in [1.29, 1.82) is 0 Å². The van der Waals surface area contributed by atoms with Gasteiger partial charge in [-0.2, -0.15) is 0 Å². The molecule has 0 fully saturated rings. The van der Waals surface area contributed by atoms with Gasteiger partial charge in [0.1, 0.15) is 5.75 Å². The second-order valence-corrected chi connectivity index (χ2v) is 2.68. The molecular weight excluding hydrogens is 168 g/mol. The molecule has 0 unspecified atom stereocenters. The summed E-state index contributed by atoms with van der Waals surface area (Å²) in [4.78, 5) is 7.78. The Morgan fingerprint density at radius 3 is 2.77 bits per heavy atom. The van der Waals surface area contributed by atoms with Gasteiger partial charge in [-0.25, -0.2) is 4.98 Å². The highest BCUT2D eigenvalue weighted by molar-refractivity contribution is 5.56. The fourth-order valence-corrected chi connectivity index (χ4v) is 1.06. The van der Waals surface area contributed by atoms with Gasteiger partial charge in [-0.05, 0) is 6.07 Å².